The number of halogens is 3. The highest BCUT2D eigenvalue weighted by molar-refractivity contribution is 5.95. The fourth-order valence-electron chi connectivity index (χ4n) is 3.85. The number of hydrogen-bond acceptors (Lipinski definition) is 3. The summed E-state index contributed by atoms with van der Waals surface area (Å²) in [6, 6.07) is 12.2. The van der Waals surface area contributed by atoms with Gasteiger partial charge >= 0.3 is 6.18 Å². The van der Waals surface area contributed by atoms with E-state index in [-0.39, 0.29) is 25.0 Å². The number of nitrogens with zero attached hydrogens (tertiary/aromatic N) is 4. The summed E-state index contributed by atoms with van der Waals surface area (Å²) < 4.78 is 39.6. The van der Waals surface area contributed by atoms with Gasteiger partial charge in [0, 0.05) is 24.2 Å². The van der Waals surface area contributed by atoms with Crippen molar-refractivity contribution in [1.82, 2.24) is 19.7 Å². The summed E-state index contributed by atoms with van der Waals surface area (Å²) in [5.41, 5.74) is 0.172. The number of benzene rings is 1. The van der Waals surface area contributed by atoms with Crippen molar-refractivity contribution in [2.24, 2.45) is 0 Å². The maximum Gasteiger partial charge on any atom is 0.435 e. The van der Waals surface area contributed by atoms with Crippen molar-refractivity contribution in [3.63, 3.8) is 0 Å². The summed E-state index contributed by atoms with van der Waals surface area (Å²) in [7, 11) is 0. The Kier molecular flexibility index (Phi) is 5.25. The van der Waals surface area contributed by atoms with Crippen LogP contribution in [-0.4, -0.2) is 38.2 Å². The highest BCUT2D eigenvalue weighted by atomic mass is 19.4. The highest BCUT2D eigenvalue weighted by Gasteiger charge is 2.34. The molecule has 152 valence electrons. The molecular weight excluding hydrogens is 381 g/mol. The lowest BCUT2D eigenvalue weighted by Crippen LogP contribution is -2.41. The predicted molar refractivity (Wildman–Crippen MR) is 102 cm³/mol. The van der Waals surface area contributed by atoms with E-state index in [1.807, 2.05) is 30.3 Å². The lowest BCUT2D eigenvalue weighted by atomic mass is 10.1. The molecule has 29 heavy (non-hydrogen) atoms. The third kappa shape index (κ3) is 4.26. The van der Waals surface area contributed by atoms with Crippen molar-refractivity contribution in [2.75, 3.05) is 6.54 Å². The van der Waals surface area contributed by atoms with Gasteiger partial charge < -0.3 is 4.90 Å². The summed E-state index contributed by atoms with van der Waals surface area (Å²) in [6.07, 6.45) is 0.702. The summed E-state index contributed by atoms with van der Waals surface area (Å²) in [5, 5.41) is 4.54. The number of carbonyl (C=O) groups excluding carboxylic acids is 1. The number of fused-ring (bicyclic) bond motifs is 1. The first-order chi connectivity index (χ1) is 13.9. The molecule has 0 atom stereocenters. The van der Waals surface area contributed by atoms with E-state index in [1.165, 1.54) is 10.9 Å². The minimum absolute atomic E-state index is 0.0772. The van der Waals surface area contributed by atoms with E-state index in [0.717, 1.165) is 42.7 Å². The minimum atomic E-state index is -4.47. The van der Waals surface area contributed by atoms with Gasteiger partial charge in [0.15, 0.2) is 5.69 Å². The molecule has 1 aromatic carbocycles. The molecule has 1 aliphatic carbocycles. The Bertz CT molecular complexity index is 1010. The van der Waals surface area contributed by atoms with Crippen LogP contribution in [0.3, 0.4) is 0 Å². The maximum atomic E-state index is 13.2. The Morgan fingerprint density at radius 2 is 1.86 bits per heavy atom. The molecule has 0 bridgehead atoms. The van der Waals surface area contributed by atoms with Gasteiger partial charge in [-0.05, 0) is 31.0 Å². The van der Waals surface area contributed by atoms with E-state index in [9.17, 15) is 18.0 Å². The van der Waals surface area contributed by atoms with Crippen molar-refractivity contribution < 1.29 is 18.0 Å². The Hall–Kier alpha value is -2.90. The lowest BCUT2D eigenvalue weighted by Gasteiger charge is -2.29. The van der Waals surface area contributed by atoms with E-state index in [2.05, 4.69) is 10.1 Å². The molecule has 0 spiro atoms. The third-order valence-electron chi connectivity index (χ3n) is 5.34. The fraction of sp³-hybridized carbons (Fsp3) is 0.381. The third-order valence-corrected chi connectivity index (χ3v) is 5.34. The van der Waals surface area contributed by atoms with Crippen LogP contribution in [0.25, 0.3) is 10.9 Å². The maximum absolute atomic E-state index is 13.2. The molecule has 0 saturated heterocycles. The van der Waals surface area contributed by atoms with Gasteiger partial charge in [0.25, 0.3) is 5.91 Å². The molecule has 8 heteroatoms. The fourth-order valence-corrected chi connectivity index (χ4v) is 3.85. The molecule has 0 N–H and O–H groups in total. The molecular formula is C21H21F3N4O. The molecule has 1 fully saturated rings. The second kappa shape index (κ2) is 7.85. The minimum Gasteiger partial charge on any atom is -0.332 e. The molecule has 0 unspecified atom stereocenters. The molecule has 1 saturated carbocycles. The molecule has 4 rings (SSSR count). The highest BCUT2D eigenvalue weighted by Crippen LogP contribution is 2.28. The smallest absolute Gasteiger partial charge is 0.332 e. The van der Waals surface area contributed by atoms with E-state index in [0.29, 0.717) is 5.69 Å². The van der Waals surface area contributed by atoms with Crippen LogP contribution in [0.15, 0.2) is 48.7 Å². The molecule has 2 aromatic heterocycles. The summed E-state index contributed by atoms with van der Waals surface area (Å²) >= 11 is 0. The van der Waals surface area contributed by atoms with Crippen LogP contribution in [0, 0.1) is 0 Å². The average molecular weight is 402 g/mol. The van der Waals surface area contributed by atoms with Gasteiger partial charge in [-0.25, -0.2) is 4.98 Å². The van der Waals surface area contributed by atoms with Crippen LogP contribution >= 0.6 is 0 Å². The van der Waals surface area contributed by atoms with Gasteiger partial charge in [-0.15, -0.1) is 0 Å². The Morgan fingerprint density at radius 3 is 2.59 bits per heavy atom. The molecule has 0 radical (unpaired) electrons. The van der Waals surface area contributed by atoms with Crippen molar-refractivity contribution >= 4 is 16.8 Å². The van der Waals surface area contributed by atoms with Gasteiger partial charge in [0.05, 0.1) is 12.1 Å². The largest absolute Gasteiger partial charge is 0.435 e. The Labute approximate surface area is 166 Å². The van der Waals surface area contributed by atoms with Gasteiger partial charge in [-0.1, -0.05) is 37.1 Å². The second-order valence-corrected chi connectivity index (χ2v) is 7.29. The number of amides is 1. The van der Waals surface area contributed by atoms with Crippen LogP contribution in [0.2, 0.25) is 0 Å². The molecule has 0 aliphatic heterocycles. The molecule has 2 heterocycles. The SMILES string of the molecule is O=C(c1ccc2ccccc2n1)N(CCn1ccc(C(F)(F)F)n1)C1CCCC1. The number of alkyl halides is 3. The number of rotatable bonds is 5. The van der Waals surface area contributed by atoms with Gasteiger partial charge in [-0.2, -0.15) is 18.3 Å². The molecule has 3 aromatic rings. The molecule has 1 amide bonds. The van der Waals surface area contributed by atoms with Crippen molar-refractivity contribution in [3.8, 4) is 0 Å². The zero-order chi connectivity index (χ0) is 20.4. The number of pyridine rings is 1. The first kappa shape index (κ1) is 19.4. The zero-order valence-corrected chi connectivity index (χ0v) is 15.8. The summed E-state index contributed by atoms with van der Waals surface area (Å²) in [4.78, 5) is 19.5. The van der Waals surface area contributed by atoms with E-state index < -0.39 is 11.9 Å². The number of hydrogen-bond donors (Lipinski definition) is 0. The van der Waals surface area contributed by atoms with Crippen molar-refractivity contribution in [1.29, 1.82) is 0 Å². The van der Waals surface area contributed by atoms with Gasteiger partial charge in [-0.3, -0.25) is 9.48 Å². The van der Waals surface area contributed by atoms with Crippen molar-refractivity contribution in [3.05, 3.63) is 60.0 Å². The van der Waals surface area contributed by atoms with Gasteiger partial charge in [0.1, 0.15) is 5.69 Å². The lowest BCUT2D eigenvalue weighted by molar-refractivity contribution is -0.141. The van der Waals surface area contributed by atoms with E-state index in [4.69, 9.17) is 0 Å². The topological polar surface area (TPSA) is 51.0 Å². The number of para-hydroxylation sites is 1. The van der Waals surface area contributed by atoms with Gasteiger partial charge in [0.2, 0.25) is 0 Å². The quantitative estimate of drug-likeness (QED) is 0.630. The monoisotopic (exact) mass is 402 g/mol. The predicted octanol–water partition coefficient (Wildman–Crippen LogP) is 4.54. The second-order valence-electron chi connectivity index (χ2n) is 7.29. The average Bonchev–Trinajstić information content (AvgIpc) is 3.39. The number of aromatic nitrogens is 3. The van der Waals surface area contributed by atoms with Crippen LogP contribution in [0.4, 0.5) is 13.2 Å². The molecule has 5 nitrogen and oxygen atoms in total. The van der Waals surface area contributed by atoms with Crippen LogP contribution < -0.4 is 0 Å². The van der Waals surface area contributed by atoms with Crippen LogP contribution in [0.1, 0.15) is 41.9 Å². The standard InChI is InChI=1S/C21H21F3N4O/c22-21(23,24)19-11-12-27(26-19)13-14-28(16-6-2-3-7-16)20(29)18-10-9-15-5-1-4-8-17(15)25-18/h1,4-5,8-12,16H,2-3,6-7,13-14H2. The zero-order valence-electron chi connectivity index (χ0n) is 15.8. The van der Waals surface area contributed by atoms with E-state index >= 15 is 0 Å². The summed E-state index contributed by atoms with van der Waals surface area (Å²) in [6.45, 7) is 0.489. The van der Waals surface area contributed by atoms with Crippen LogP contribution in [-0.2, 0) is 12.7 Å². The first-order valence-electron chi connectivity index (χ1n) is 9.69. The Morgan fingerprint density at radius 1 is 1.10 bits per heavy atom. The van der Waals surface area contributed by atoms with E-state index in [1.54, 1.807) is 11.0 Å². The van der Waals surface area contributed by atoms with Crippen LogP contribution in [0.5, 0.6) is 0 Å². The Balaban J connectivity index is 1.54. The summed E-state index contributed by atoms with van der Waals surface area (Å²) in [5.74, 6) is -0.189. The molecule has 1 aliphatic rings. The normalized spacial score (nSPS) is 15.1. The van der Waals surface area contributed by atoms with Crippen molar-refractivity contribution in [2.45, 2.75) is 44.4 Å². The number of carbonyl (C=O) groups is 1. The first-order valence-corrected chi connectivity index (χ1v) is 9.69.